The van der Waals surface area contributed by atoms with Gasteiger partial charge in [0.05, 0.1) is 0 Å². The lowest BCUT2D eigenvalue weighted by atomic mass is 9.97. The topological polar surface area (TPSA) is 242 Å². The molecule has 252 valence electrons. The number of aliphatic hydroxyl groups excluding tert-OH is 4. The number of hydrogen-bond donors (Lipinski definition) is 7. The molecule has 2 fully saturated rings. The fraction of sp³-hybridized carbons (Fsp3) is 0.714. The van der Waals surface area contributed by atoms with Crippen molar-refractivity contribution in [3.05, 3.63) is 44.9 Å². The normalized spacial score (nSPS) is 33.2. The van der Waals surface area contributed by atoms with Crippen LogP contribution in [-0.2, 0) is 23.8 Å². The zero-order chi connectivity index (χ0) is 33.0. The van der Waals surface area contributed by atoms with E-state index >= 15 is 0 Å². The van der Waals surface area contributed by atoms with Crippen molar-refractivity contribution < 1.29 is 44.2 Å². The molecule has 0 radical (unpaired) electrons. The molecule has 0 spiro atoms. The van der Waals surface area contributed by atoms with E-state index in [0.717, 1.165) is 47.4 Å². The lowest BCUT2D eigenvalue weighted by Gasteiger charge is -2.38. The van der Waals surface area contributed by atoms with E-state index in [4.69, 9.17) is 19.9 Å². The Morgan fingerprint density at radius 3 is 2.47 bits per heavy atom. The summed E-state index contributed by atoms with van der Waals surface area (Å²) < 4.78 is 18.6. The average molecular weight is 641 g/mol. The molecule has 4 heterocycles. The molecule has 1 aromatic heterocycles. The molecular formula is C28H44N6O11. The molecule has 10 atom stereocenters. The number of unbranched alkanes of at least 4 members (excludes halogenated alkanes) is 3. The van der Waals surface area contributed by atoms with E-state index in [9.17, 15) is 39.6 Å². The standard InChI is InChI=1S/C28H44N6O11/c1-4-5-6-7-10-30-24(40)14-8-11-32(2)17(25(41)33(14)3)22(45-27-21(39)18(36)15(13-29)43-27)23-19(37)20(38)26(44-23)34-12-9-16(35)31-28(34)42/h8-9,12,15,17-23,26-27,36-39H,4-7,10-11,13,29H2,1-3H3,(H,30,40)(H,31,35,42)/t15-,17+,18-,19+,20-,21-,22+,23+,26-,27+/m1/s1. The molecule has 4 rings (SSSR count). The van der Waals surface area contributed by atoms with Gasteiger partial charge in [0.2, 0.25) is 5.91 Å². The second kappa shape index (κ2) is 15.1. The van der Waals surface area contributed by atoms with Gasteiger partial charge in [0.1, 0.15) is 54.5 Å². The predicted molar refractivity (Wildman–Crippen MR) is 156 cm³/mol. The Hall–Kier alpha value is -3.00. The van der Waals surface area contributed by atoms with Crippen molar-refractivity contribution in [2.45, 2.75) is 93.9 Å². The van der Waals surface area contributed by atoms with Gasteiger partial charge >= 0.3 is 5.69 Å². The third-order valence-electron chi connectivity index (χ3n) is 8.42. The predicted octanol–water partition coefficient (Wildman–Crippen LogP) is -3.70. The first kappa shape index (κ1) is 34.9. The van der Waals surface area contributed by atoms with E-state index in [0.29, 0.717) is 6.54 Å². The van der Waals surface area contributed by atoms with Crippen LogP contribution in [0, 0.1) is 0 Å². The Bertz CT molecular complexity index is 1340. The molecule has 45 heavy (non-hydrogen) atoms. The summed E-state index contributed by atoms with van der Waals surface area (Å²) in [6.07, 6.45) is -7.11. The van der Waals surface area contributed by atoms with Gasteiger partial charge in [0.15, 0.2) is 12.5 Å². The van der Waals surface area contributed by atoms with Crippen LogP contribution in [0.5, 0.6) is 0 Å². The van der Waals surface area contributed by atoms with Gasteiger partial charge < -0.3 is 50.6 Å². The van der Waals surface area contributed by atoms with Gasteiger partial charge in [-0.2, -0.15) is 0 Å². The number of H-pyrrole nitrogens is 1. The highest BCUT2D eigenvalue weighted by molar-refractivity contribution is 5.99. The first-order valence-corrected chi connectivity index (χ1v) is 15.1. The van der Waals surface area contributed by atoms with Crippen LogP contribution in [0.4, 0.5) is 0 Å². The Balaban J connectivity index is 1.64. The van der Waals surface area contributed by atoms with Crippen LogP contribution in [-0.4, -0.2) is 140 Å². The maximum absolute atomic E-state index is 14.1. The molecule has 0 bridgehead atoms. The minimum absolute atomic E-state index is 0.0650. The van der Waals surface area contributed by atoms with E-state index in [-0.39, 0.29) is 18.8 Å². The Morgan fingerprint density at radius 2 is 1.82 bits per heavy atom. The van der Waals surface area contributed by atoms with Crippen LogP contribution in [0.2, 0.25) is 0 Å². The summed E-state index contributed by atoms with van der Waals surface area (Å²) in [5, 5.41) is 46.1. The minimum atomic E-state index is -1.75. The number of aromatic nitrogens is 2. The molecular weight excluding hydrogens is 596 g/mol. The van der Waals surface area contributed by atoms with Gasteiger partial charge in [-0.25, -0.2) is 4.79 Å². The number of aromatic amines is 1. The van der Waals surface area contributed by atoms with Crippen molar-refractivity contribution in [3.63, 3.8) is 0 Å². The molecule has 2 amide bonds. The summed E-state index contributed by atoms with van der Waals surface area (Å²) in [5.41, 5.74) is 4.13. The van der Waals surface area contributed by atoms with Gasteiger partial charge in [-0.15, -0.1) is 0 Å². The number of amides is 2. The molecule has 17 nitrogen and oxygen atoms in total. The molecule has 0 aliphatic carbocycles. The first-order valence-electron chi connectivity index (χ1n) is 15.1. The molecule has 8 N–H and O–H groups in total. The van der Waals surface area contributed by atoms with Crippen molar-refractivity contribution in [2.24, 2.45) is 5.73 Å². The van der Waals surface area contributed by atoms with E-state index < -0.39 is 84.4 Å². The highest BCUT2D eigenvalue weighted by Crippen LogP contribution is 2.36. The van der Waals surface area contributed by atoms with E-state index in [2.05, 4.69) is 12.2 Å². The number of nitrogens with one attached hydrogen (secondary N) is 2. The minimum Gasteiger partial charge on any atom is -0.387 e. The van der Waals surface area contributed by atoms with Crippen LogP contribution in [0.25, 0.3) is 0 Å². The average Bonchev–Trinajstić information content (AvgIpc) is 3.41. The largest absolute Gasteiger partial charge is 0.387 e. The summed E-state index contributed by atoms with van der Waals surface area (Å²) in [4.78, 5) is 56.0. The smallest absolute Gasteiger partial charge is 0.330 e. The number of carbonyl (C=O) groups is 2. The maximum Gasteiger partial charge on any atom is 0.330 e. The second-order valence-electron chi connectivity index (χ2n) is 11.5. The van der Waals surface area contributed by atoms with Crippen LogP contribution in [0.3, 0.4) is 0 Å². The van der Waals surface area contributed by atoms with Gasteiger partial charge in [-0.3, -0.25) is 28.8 Å². The van der Waals surface area contributed by atoms with Crippen LogP contribution in [0.1, 0.15) is 38.8 Å². The third-order valence-corrected chi connectivity index (χ3v) is 8.42. The van der Waals surface area contributed by atoms with Crippen LogP contribution < -0.4 is 22.3 Å². The van der Waals surface area contributed by atoms with E-state index in [1.165, 1.54) is 11.9 Å². The quantitative estimate of drug-likeness (QED) is 0.109. The maximum atomic E-state index is 14.1. The van der Waals surface area contributed by atoms with Gasteiger partial charge in [-0.1, -0.05) is 26.2 Å². The number of ether oxygens (including phenoxy) is 3. The molecule has 0 aromatic carbocycles. The highest BCUT2D eigenvalue weighted by Gasteiger charge is 2.55. The number of nitrogens with zero attached hydrogens (tertiary/aromatic N) is 3. The number of carbonyl (C=O) groups excluding carboxylic acids is 2. The third kappa shape index (κ3) is 7.37. The van der Waals surface area contributed by atoms with Crippen molar-refractivity contribution in [2.75, 3.05) is 33.7 Å². The Labute approximate surface area is 259 Å². The lowest BCUT2D eigenvalue weighted by molar-refractivity contribution is -0.232. The van der Waals surface area contributed by atoms with Crippen molar-refractivity contribution in [3.8, 4) is 0 Å². The van der Waals surface area contributed by atoms with Crippen molar-refractivity contribution in [1.29, 1.82) is 0 Å². The molecule has 0 saturated carbocycles. The monoisotopic (exact) mass is 640 g/mol. The summed E-state index contributed by atoms with van der Waals surface area (Å²) >= 11 is 0. The second-order valence-corrected chi connectivity index (χ2v) is 11.5. The zero-order valence-corrected chi connectivity index (χ0v) is 25.5. The molecule has 2 saturated heterocycles. The molecule has 3 aliphatic rings. The SMILES string of the molecule is CCCCCCNC(=O)C1=CCN(C)[C@@H]([C@H](O[C@@H]2O[C@H](CN)[C@@H](O)[C@H]2O)[C@H]2O[C@@H](n3ccc(=O)[nH]c3=O)[C@H](O)[C@@H]2O)C(=O)N1C. The zero-order valence-electron chi connectivity index (χ0n) is 25.5. The fourth-order valence-corrected chi connectivity index (χ4v) is 5.79. The lowest BCUT2D eigenvalue weighted by Crippen LogP contribution is -2.59. The summed E-state index contributed by atoms with van der Waals surface area (Å²) in [6.45, 7) is 2.41. The summed E-state index contributed by atoms with van der Waals surface area (Å²) in [7, 11) is 2.98. The van der Waals surface area contributed by atoms with Gasteiger partial charge in [-0.05, 0) is 19.5 Å². The number of rotatable bonds is 12. The summed E-state index contributed by atoms with van der Waals surface area (Å²) in [5.74, 6) is -1.10. The van der Waals surface area contributed by atoms with Crippen LogP contribution in [0.15, 0.2) is 33.6 Å². The Morgan fingerprint density at radius 1 is 1.09 bits per heavy atom. The van der Waals surface area contributed by atoms with Gasteiger partial charge in [0, 0.05) is 38.9 Å². The van der Waals surface area contributed by atoms with Crippen molar-refractivity contribution in [1.82, 2.24) is 24.7 Å². The Kier molecular flexibility index (Phi) is 11.7. The molecule has 0 unspecified atom stereocenters. The number of likely N-dealkylation sites (N-methyl/N-ethyl adjacent to an activating group) is 2. The molecule has 1 aromatic rings. The van der Waals surface area contributed by atoms with Crippen LogP contribution >= 0.6 is 0 Å². The fourth-order valence-electron chi connectivity index (χ4n) is 5.79. The van der Waals surface area contributed by atoms with E-state index in [1.54, 1.807) is 13.1 Å². The number of nitrogens with two attached hydrogens (primary N) is 1. The van der Waals surface area contributed by atoms with Crippen molar-refractivity contribution >= 4 is 11.8 Å². The summed E-state index contributed by atoms with van der Waals surface area (Å²) in [6, 6.07) is -0.272. The molecule has 17 heteroatoms. The van der Waals surface area contributed by atoms with Gasteiger partial charge in [0.25, 0.3) is 11.5 Å². The van der Waals surface area contributed by atoms with E-state index in [1.807, 2.05) is 4.98 Å². The number of aliphatic hydroxyl groups is 4. The number of hydrogen-bond acceptors (Lipinski definition) is 13. The highest BCUT2D eigenvalue weighted by atomic mass is 16.7. The first-order chi connectivity index (χ1) is 21.4. The molecule has 3 aliphatic heterocycles.